The third-order valence-corrected chi connectivity index (χ3v) is 5.53. The highest BCUT2D eigenvalue weighted by Gasteiger charge is 2.62. The largest absolute Gasteiger partial charge is 0.495 e. The zero-order chi connectivity index (χ0) is 23.3. The number of hydrogen-bond donors (Lipinski definition) is 2. The second-order valence-electron chi connectivity index (χ2n) is 9.01. The zero-order valence-electron chi connectivity index (χ0n) is 19.0. The molecule has 0 spiro atoms. The number of para-hydroxylation sites is 2. The van der Waals surface area contributed by atoms with Crippen LogP contribution in [0.4, 0.5) is 5.69 Å². The molecule has 10 heteroatoms. The lowest BCUT2D eigenvalue weighted by molar-refractivity contribution is -0.231. The van der Waals surface area contributed by atoms with Crippen molar-refractivity contribution in [2.75, 3.05) is 12.4 Å². The molecule has 1 aromatic carbocycles. The van der Waals surface area contributed by atoms with Gasteiger partial charge in [0.25, 0.3) is 5.91 Å². The summed E-state index contributed by atoms with van der Waals surface area (Å²) in [6, 6.07) is 6.17. The van der Waals surface area contributed by atoms with Crippen molar-refractivity contribution in [3.05, 3.63) is 24.3 Å². The van der Waals surface area contributed by atoms with E-state index in [4.69, 9.17) is 28.4 Å². The van der Waals surface area contributed by atoms with Crippen LogP contribution in [0.1, 0.15) is 34.6 Å². The van der Waals surface area contributed by atoms with Crippen molar-refractivity contribution in [3.63, 3.8) is 0 Å². The first-order chi connectivity index (χ1) is 15.0. The van der Waals surface area contributed by atoms with E-state index < -0.39 is 60.1 Å². The van der Waals surface area contributed by atoms with E-state index in [0.717, 1.165) is 0 Å². The van der Waals surface area contributed by atoms with E-state index >= 15 is 0 Å². The third kappa shape index (κ3) is 4.46. The Morgan fingerprint density at radius 3 is 2.31 bits per heavy atom. The number of hydrogen-bond acceptors (Lipinski definition) is 8. The predicted octanol–water partition coefficient (Wildman–Crippen LogP) is 1.53. The van der Waals surface area contributed by atoms with Gasteiger partial charge in [-0.25, -0.2) is 0 Å². The van der Waals surface area contributed by atoms with E-state index in [1.807, 2.05) is 0 Å². The summed E-state index contributed by atoms with van der Waals surface area (Å²) in [5.74, 6) is -2.20. The van der Waals surface area contributed by atoms with Crippen molar-refractivity contribution in [2.45, 2.75) is 82.9 Å². The number of fused-ring (bicyclic) bond motifs is 3. The Morgan fingerprint density at radius 1 is 0.969 bits per heavy atom. The Morgan fingerprint density at radius 2 is 1.59 bits per heavy atom. The highest BCUT2D eigenvalue weighted by Crippen LogP contribution is 2.44. The highest BCUT2D eigenvalue weighted by atomic mass is 16.9. The SMILES string of the molecule is COc1ccccc1NC(=O)[C@@H](C)NC(=O)[C@H]1O[C@@H]2OC(C)(C)O[C@H]2[C@H]2OC(C)(C)O[C@@H]21. The molecule has 0 aromatic heterocycles. The molecule has 1 aromatic rings. The molecule has 32 heavy (non-hydrogen) atoms. The summed E-state index contributed by atoms with van der Waals surface area (Å²) < 4.78 is 34.9. The standard InChI is InChI=1S/C22H30N2O8/c1-11(18(25)24-12-9-7-8-10-13(12)27-6)23-19(26)16-14-15(30-21(2,3)29-14)17-20(28-16)32-22(4,5)31-17/h7-11,14-17,20H,1-6H3,(H,23,26)(H,24,25)/t11-,14+,15+,16+,17+,20-/m1/s1. The lowest BCUT2D eigenvalue weighted by Crippen LogP contribution is -2.60. The fourth-order valence-corrected chi connectivity index (χ4v) is 4.17. The lowest BCUT2D eigenvalue weighted by atomic mass is 9.98. The molecule has 10 nitrogen and oxygen atoms in total. The number of carbonyl (C=O) groups is 2. The molecule has 0 bridgehead atoms. The zero-order valence-corrected chi connectivity index (χ0v) is 19.0. The number of anilines is 1. The van der Waals surface area contributed by atoms with Crippen molar-refractivity contribution in [2.24, 2.45) is 0 Å². The lowest BCUT2D eigenvalue weighted by Gasteiger charge is -2.36. The molecule has 2 amide bonds. The van der Waals surface area contributed by atoms with E-state index in [0.29, 0.717) is 11.4 Å². The van der Waals surface area contributed by atoms with Gasteiger partial charge in [0.2, 0.25) is 5.91 Å². The van der Waals surface area contributed by atoms with Gasteiger partial charge >= 0.3 is 0 Å². The van der Waals surface area contributed by atoms with Crippen LogP contribution >= 0.6 is 0 Å². The maximum absolute atomic E-state index is 13.1. The fraction of sp³-hybridized carbons (Fsp3) is 0.636. The first kappa shape index (κ1) is 22.9. The maximum Gasteiger partial charge on any atom is 0.252 e. The Bertz CT molecular complexity index is 888. The molecule has 0 aliphatic carbocycles. The average Bonchev–Trinajstić information content (AvgIpc) is 3.21. The molecule has 6 atom stereocenters. The van der Waals surface area contributed by atoms with Crippen LogP contribution in [0, 0.1) is 0 Å². The first-order valence-corrected chi connectivity index (χ1v) is 10.6. The van der Waals surface area contributed by atoms with Crippen molar-refractivity contribution in [1.29, 1.82) is 0 Å². The Balaban J connectivity index is 1.45. The second-order valence-corrected chi connectivity index (χ2v) is 9.01. The van der Waals surface area contributed by atoms with Crippen molar-refractivity contribution >= 4 is 17.5 Å². The molecule has 0 saturated carbocycles. The van der Waals surface area contributed by atoms with E-state index in [2.05, 4.69) is 10.6 Å². The molecule has 4 rings (SSSR count). The number of amides is 2. The number of carbonyl (C=O) groups excluding carboxylic acids is 2. The monoisotopic (exact) mass is 450 g/mol. The molecule has 2 N–H and O–H groups in total. The first-order valence-electron chi connectivity index (χ1n) is 10.6. The molecule has 0 radical (unpaired) electrons. The van der Waals surface area contributed by atoms with Gasteiger partial charge in [0, 0.05) is 0 Å². The topological polar surface area (TPSA) is 114 Å². The number of methoxy groups -OCH3 is 1. The van der Waals surface area contributed by atoms with Crippen LogP contribution in [0.3, 0.4) is 0 Å². The Hall–Kier alpha value is -2.24. The van der Waals surface area contributed by atoms with Gasteiger partial charge in [-0.05, 0) is 46.8 Å². The Kier molecular flexibility index (Phi) is 5.93. The average molecular weight is 450 g/mol. The third-order valence-electron chi connectivity index (χ3n) is 5.53. The van der Waals surface area contributed by atoms with Crippen molar-refractivity contribution in [1.82, 2.24) is 5.32 Å². The van der Waals surface area contributed by atoms with Crippen molar-refractivity contribution < 1.29 is 38.0 Å². The minimum Gasteiger partial charge on any atom is -0.495 e. The summed E-state index contributed by atoms with van der Waals surface area (Å²) in [4.78, 5) is 25.8. The van der Waals surface area contributed by atoms with Gasteiger partial charge in [-0.3, -0.25) is 9.59 Å². The van der Waals surface area contributed by atoms with Crippen LogP contribution in [-0.4, -0.2) is 67.2 Å². The van der Waals surface area contributed by atoms with Crippen LogP contribution in [-0.2, 0) is 33.3 Å². The van der Waals surface area contributed by atoms with Gasteiger partial charge in [0.1, 0.15) is 30.1 Å². The van der Waals surface area contributed by atoms with Gasteiger partial charge in [-0.15, -0.1) is 0 Å². The molecular weight excluding hydrogens is 420 g/mol. The number of benzene rings is 1. The smallest absolute Gasteiger partial charge is 0.252 e. The summed E-state index contributed by atoms with van der Waals surface area (Å²) >= 11 is 0. The summed E-state index contributed by atoms with van der Waals surface area (Å²) in [5, 5.41) is 5.46. The van der Waals surface area contributed by atoms with Gasteiger partial charge < -0.3 is 39.1 Å². The van der Waals surface area contributed by atoms with Gasteiger partial charge in [-0.2, -0.15) is 0 Å². The normalized spacial score (nSPS) is 33.0. The summed E-state index contributed by atoms with van der Waals surface area (Å²) in [7, 11) is 1.52. The molecule has 3 heterocycles. The molecule has 3 aliphatic rings. The van der Waals surface area contributed by atoms with Crippen LogP contribution in [0.2, 0.25) is 0 Å². The van der Waals surface area contributed by atoms with Crippen LogP contribution in [0.25, 0.3) is 0 Å². The van der Waals surface area contributed by atoms with Crippen molar-refractivity contribution in [3.8, 4) is 5.75 Å². The Labute approximate surface area is 186 Å². The summed E-state index contributed by atoms with van der Waals surface area (Å²) in [6.07, 6.45) is -3.64. The van der Waals surface area contributed by atoms with E-state index in [9.17, 15) is 9.59 Å². The van der Waals surface area contributed by atoms with Gasteiger partial charge in [0.05, 0.1) is 12.8 Å². The molecular formula is C22H30N2O8. The fourth-order valence-electron chi connectivity index (χ4n) is 4.17. The molecule has 176 valence electrons. The number of ether oxygens (including phenoxy) is 6. The maximum atomic E-state index is 13.1. The second kappa shape index (κ2) is 8.27. The summed E-state index contributed by atoms with van der Waals surface area (Å²) in [5.41, 5.74) is 0.505. The van der Waals surface area contributed by atoms with Gasteiger partial charge in [-0.1, -0.05) is 12.1 Å². The molecule has 3 aliphatic heterocycles. The number of nitrogens with one attached hydrogen (secondary N) is 2. The number of rotatable bonds is 5. The molecule has 3 saturated heterocycles. The summed E-state index contributed by atoms with van der Waals surface area (Å²) in [6.45, 7) is 8.65. The van der Waals surface area contributed by atoms with Crippen LogP contribution < -0.4 is 15.4 Å². The van der Waals surface area contributed by atoms with E-state index in [-0.39, 0.29) is 0 Å². The quantitative estimate of drug-likeness (QED) is 0.695. The minimum absolute atomic E-state index is 0.404. The van der Waals surface area contributed by atoms with E-state index in [1.54, 1.807) is 58.9 Å². The van der Waals surface area contributed by atoms with Gasteiger partial charge in [0.15, 0.2) is 24.0 Å². The predicted molar refractivity (Wildman–Crippen MR) is 112 cm³/mol. The highest BCUT2D eigenvalue weighted by molar-refractivity contribution is 5.98. The van der Waals surface area contributed by atoms with E-state index in [1.165, 1.54) is 7.11 Å². The molecule has 0 unspecified atom stereocenters. The minimum atomic E-state index is -1.04. The van der Waals surface area contributed by atoms with Crippen LogP contribution in [0.5, 0.6) is 5.75 Å². The molecule has 3 fully saturated rings. The van der Waals surface area contributed by atoms with Crippen LogP contribution in [0.15, 0.2) is 24.3 Å².